The lowest BCUT2D eigenvalue weighted by Gasteiger charge is -2.41. The molecule has 0 aliphatic carbocycles. The first-order chi connectivity index (χ1) is 11.9. The molecule has 0 amide bonds. The van der Waals surface area contributed by atoms with Crippen LogP contribution in [0.1, 0.15) is 30.9 Å². The average molecular weight is 332 g/mol. The van der Waals surface area contributed by atoms with Crippen LogP contribution in [0.2, 0.25) is 0 Å². The van der Waals surface area contributed by atoms with Gasteiger partial charge in [0.05, 0.1) is 6.61 Å². The van der Waals surface area contributed by atoms with Gasteiger partial charge in [-0.25, -0.2) is 0 Å². The Kier molecular flexibility index (Phi) is 7.09. The van der Waals surface area contributed by atoms with E-state index in [1.54, 1.807) is 7.11 Å². The van der Waals surface area contributed by atoms with Crippen molar-refractivity contribution in [1.29, 1.82) is 0 Å². The summed E-state index contributed by atoms with van der Waals surface area (Å²) in [5.41, 5.74) is 1.48. The van der Waals surface area contributed by atoms with Crippen LogP contribution in [-0.2, 0) is 4.74 Å². The van der Waals surface area contributed by atoms with E-state index in [2.05, 4.69) is 45.0 Å². The van der Waals surface area contributed by atoms with Crippen molar-refractivity contribution < 1.29 is 4.74 Å². The highest BCUT2D eigenvalue weighted by molar-refractivity contribution is 5.19. The standard InChI is InChI=1S/C20H33N3O/c1-24-17-16-21-12-14-23(15-13-21)20(19-8-4-2-5-9-19)18-22-10-6-3-7-11-22/h2,4-5,8-9,20H,3,6-7,10-18H2,1H3. The topological polar surface area (TPSA) is 19.0 Å². The van der Waals surface area contributed by atoms with Gasteiger partial charge in [0.1, 0.15) is 0 Å². The first-order valence-electron chi connectivity index (χ1n) is 9.59. The van der Waals surface area contributed by atoms with E-state index in [1.807, 2.05) is 0 Å². The molecule has 0 aromatic heterocycles. The summed E-state index contributed by atoms with van der Waals surface area (Å²) in [6.07, 6.45) is 4.14. The summed E-state index contributed by atoms with van der Waals surface area (Å²) < 4.78 is 5.23. The maximum absolute atomic E-state index is 5.23. The molecule has 2 aliphatic rings. The lowest BCUT2D eigenvalue weighted by Crippen LogP contribution is -2.50. The fourth-order valence-electron chi connectivity index (χ4n) is 4.01. The molecule has 0 radical (unpaired) electrons. The van der Waals surface area contributed by atoms with Crippen molar-refractivity contribution in [2.45, 2.75) is 25.3 Å². The second kappa shape index (κ2) is 9.52. The second-order valence-electron chi connectivity index (χ2n) is 7.16. The molecule has 3 rings (SSSR count). The molecule has 2 aliphatic heterocycles. The van der Waals surface area contributed by atoms with Crippen LogP contribution in [0.4, 0.5) is 0 Å². The summed E-state index contributed by atoms with van der Waals surface area (Å²) in [5, 5.41) is 0. The van der Waals surface area contributed by atoms with Gasteiger partial charge < -0.3 is 9.64 Å². The number of piperidine rings is 1. The van der Waals surface area contributed by atoms with Gasteiger partial charge in [0.15, 0.2) is 0 Å². The number of ether oxygens (including phenoxy) is 1. The quantitative estimate of drug-likeness (QED) is 0.764. The molecule has 2 saturated heterocycles. The van der Waals surface area contributed by atoms with Crippen molar-refractivity contribution >= 4 is 0 Å². The van der Waals surface area contributed by atoms with E-state index in [-0.39, 0.29) is 0 Å². The van der Waals surface area contributed by atoms with Gasteiger partial charge in [0.25, 0.3) is 0 Å². The molecule has 134 valence electrons. The van der Waals surface area contributed by atoms with Crippen LogP contribution in [0.5, 0.6) is 0 Å². The molecule has 2 heterocycles. The van der Waals surface area contributed by atoms with E-state index >= 15 is 0 Å². The Morgan fingerprint density at radius 2 is 1.58 bits per heavy atom. The lowest BCUT2D eigenvalue weighted by atomic mass is 10.0. The number of likely N-dealkylation sites (tertiary alicyclic amines) is 1. The fraction of sp³-hybridized carbons (Fsp3) is 0.700. The molecule has 0 spiro atoms. The minimum atomic E-state index is 0.536. The highest BCUT2D eigenvalue weighted by Gasteiger charge is 2.27. The van der Waals surface area contributed by atoms with E-state index < -0.39 is 0 Å². The zero-order valence-electron chi connectivity index (χ0n) is 15.2. The molecule has 0 bridgehead atoms. The molecular formula is C20H33N3O. The van der Waals surface area contributed by atoms with E-state index in [4.69, 9.17) is 4.74 Å². The minimum Gasteiger partial charge on any atom is -0.383 e. The van der Waals surface area contributed by atoms with E-state index in [0.29, 0.717) is 6.04 Å². The van der Waals surface area contributed by atoms with Crippen molar-refractivity contribution in [3.63, 3.8) is 0 Å². The zero-order valence-corrected chi connectivity index (χ0v) is 15.2. The third-order valence-corrected chi connectivity index (χ3v) is 5.52. The summed E-state index contributed by atoms with van der Waals surface area (Å²) in [4.78, 5) is 7.91. The van der Waals surface area contributed by atoms with Crippen LogP contribution in [0, 0.1) is 0 Å². The number of methoxy groups -OCH3 is 1. The van der Waals surface area contributed by atoms with Crippen molar-refractivity contribution in [1.82, 2.24) is 14.7 Å². The molecule has 4 nitrogen and oxygen atoms in total. The van der Waals surface area contributed by atoms with Crippen LogP contribution in [0.25, 0.3) is 0 Å². The van der Waals surface area contributed by atoms with Crippen LogP contribution in [0.3, 0.4) is 0 Å². The molecule has 1 unspecified atom stereocenters. The fourth-order valence-corrected chi connectivity index (χ4v) is 4.01. The third-order valence-electron chi connectivity index (χ3n) is 5.52. The monoisotopic (exact) mass is 331 g/mol. The lowest BCUT2D eigenvalue weighted by molar-refractivity contribution is 0.0571. The number of nitrogens with zero attached hydrogens (tertiary/aromatic N) is 3. The Morgan fingerprint density at radius 3 is 2.25 bits per heavy atom. The van der Waals surface area contributed by atoms with Gasteiger partial charge in [0.2, 0.25) is 0 Å². The molecular weight excluding hydrogens is 298 g/mol. The minimum absolute atomic E-state index is 0.536. The van der Waals surface area contributed by atoms with Crippen molar-refractivity contribution in [2.75, 3.05) is 66.1 Å². The predicted molar refractivity (Wildman–Crippen MR) is 99.4 cm³/mol. The number of hydrogen-bond donors (Lipinski definition) is 0. The van der Waals surface area contributed by atoms with Gasteiger partial charge in [-0.15, -0.1) is 0 Å². The number of rotatable bonds is 7. The summed E-state index contributed by atoms with van der Waals surface area (Å²) in [6, 6.07) is 11.7. The maximum Gasteiger partial charge on any atom is 0.0589 e. The van der Waals surface area contributed by atoms with Gasteiger partial charge in [-0.3, -0.25) is 9.80 Å². The zero-order chi connectivity index (χ0) is 16.6. The van der Waals surface area contributed by atoms with Crippen LogP contribution in [0.15, 0.2) is 30.3 Å². The first kappa shape index (κ1) is 17.9. The van der Waals surface area contributed by atoms with Crippen molar-refractivity contribution in [2.24, 2.45) is 0 Å². The molecule has 24 heavy (non-hydrogen) atoms. The summed E-state index contributed by atoms with van der Waals surface area (Å²) in [7, 11) is 1.79. The largest absolute Gasteiger partial charge is 0.383 e. The third kappa shape index (κ3) is 5.03. The summed E-state index contributed by atoms with van der Waals surface area (Å²) >= 11 is 0. The van der Waals surface area contributed by atoms with Gasteiger partial charge in [0, 0.05) is 52.4 Å². The van der Waals surface area contributed by atoms with E-state index in [0.717, 1.165) is 39.3 Å². The van der Waals surface area contributed by atoms with Gasteiger partial charge >= 0.3 is 0 Å². The van der Waals surface area contributed by atoms with Crippen molar-refractivity contribution in [3.8, 4) is 0 Å². The van der Waals surface area contributed by atoms with Crippen LogP contribution >= 0.6 is 0 Å². The van der Waals surface area contributed by atoms with Crippen LogP contribution < -0.4 is 0 Å². The van der Waals surface area contributed by atoms with Crippen molar-refractivity contribution in [3.05, 3.63) is 35.9 Å². The van der Waals surface area contributed by atoms with E-state index in [1.165, 1.54) is 44.5 Å². The Labute approximate surface area is 147 Å². The molecule has 4 heteroatoms. The number of piperazine rings is 1. The second-order valence-corrected chi connectivity index (χ2v) is 7.16. The molecule has 0 N–H and O–H groups in total. The summed E-state index contributed by atoms with van der Waals surface area (Å²) in [5.74, 6) is 0. The SMILES string of the molecule is COCCN1CCN(C(CN2CCCCC2)c2ccccc2)CC1. The molecule has 0 saturated carbocycles. The normalized spacial score (nSPS) is 22.5. The van der Waals surface area contributed by atoms with Gasteiger partial charge in [-0.2, -0.15) is 0 Å². The number of benzene rings is 1. The Morgan fingerprint density at radius 1 is 0.875 bits per heavy atom. The number of hydrogen-bond acceptors (Lipinski definition) is 4. The smallest absolute Gasteiger partial charge is 0.0589 e. The maximum atomic E-state index is 5.23. The highest BCUT2D eigenvalue weighted by Crippen LogP contribution is 2.25. The van der Waals surface area contributed by atoms with E-state index in [9.17, 15) is 0 Å². The Bertz CT molecular complexity index is 453. The Balaban J connectivity index is 1.62. The predicted octanol–water partition coefficient (Wildman–Crippen LogP) is 2.48. The van der Waals surface area contributed by atoms with Gasteiger partial charge in [-0.1, -0.05) is 36.8 Å². The highest BCUT2D eigenvalue weighted by atomic mass is 16.5. The molecule has 1 aromatic carbocycles. The Hall–Kier alpha value is -0.940. The van der Waals surface area contributed by atoms with Crippen LogP contribution in [-0.4, -0.2) is 80.8 Å². The molecule has 2 fully saturated rings. The van der Waals surface area contributed by atoms with Gasteiger partial charge in [-0.05, 0) is 31.5 Å². The molecule has 1 atom stereocenters. The average Bonchev–Trinajstić information content (AvgIpc) is 2.66. The molecule has 1 aromatic rings. The first-order valence-corrected chi connectivity index (χ1v) is 9.59. The summed E-state index contributed by atoms with van der Waals surface area (Å²) in [6.45, 7) is 10.3.